The van der Waals surface area contributed by atoms with Crippen LogP contribution in [0, 0.1) is 0 Å². The molecule has 0 spiro atoms. The van der Waals surface area contributed by atoms with Gasteiger partial charge in [-0.1, -0.05) is 83.9 Å². The fourth-order valence-corrected chi connectivity index (χ4v) is 4.21. The van der Waals surface area contributed by atoms with Gasteiger partial charge in [0.15, 0.2) is 0 Å². The number of nitrogens with one attached hydrogen (secondary N) is 1. The van der Waals surface area contributed by atoms with Gasteiger partial charge in [0, 0.05) is 30.2 Å². The SMILES string of the molecule is CN(CC(=O)N(Cc1ccc(Cl)cc1)[C@H](C(=O)NCc1ccccc1Cl)c1ccccc1)S(C)(=O)=O. The minimum absolute atomic E-state index is 0.0622. The molecule has 0 heterocycles. The number of hydrogen-bond donors (Lipinski definition) is 1. The first kappa shape index (κ1) is 27.7. The van der Waals surface area contributed by atoms with E-state index in [1.165, 1.54) is 11.9 Å². The molecule has 0 bridgehead atoms. The van der Waals surface area contributed by atoms with Crippen LogP contribution in [0.15, 0.2) is 78.9 Å². The molecule has 0 saturated carbocycles. The average molecular weight is 548 g/mol. The maximum Gasteiger partial charge on any atom is 0.247 e. The Morgan fingerprint density at radius 2 is 1.53 bits per heavy atom. The molecule has 3 aromatic carbocycles. The molecule has 190 valence electrons. The summed E-state index contributed by atoms with van der Waals surface area (Å²) in [4.78, 5) is 28.5. The molecule has 3 aromatic rings. The lowest BCUT2D eigenvalue weighted by Gasteiger charge is -2.32. The van der Waals surface area contributed by atoms with Gasteiger partial charge in [-0.3, -0.25) is 9.59 Å². The summed E-state index contributed by atoms with van der Waals surface area (Å²) in [6.07, 6.45) is 1.02. The molecule has 0 unspecified atom stereocenters. The number of amides is 2. The average Bonchev–Trinajstić information content (AvgIpc) is 2.84. The van der Waals surface area contributed by atoms with Gasteiger partial charge in [-0.15, -0.1) is 0 Å². The second kappa shape index (κ2) is 12.4. The van der Waals surface area contributed by atoms with Gasteiger partial charge in [-0.05, 0) is 34.9 Å². The lowest BCUT2D eigenvalue weighted by atomic mass is 10.0. The van der Waals surface area contributed by atoms with Crippen molar-refractivity contribution in [2.75, 3.05) is 19.8 Å². The van der Waals surface area contributed by atoms with Gasteiger partial charge < -0.3 is 10.2 Å². The van der Waals surface area contributed by atoms with Gasteiger partial charge in [0.2, 0.25) is 21.8 Å². The molecule has 0 aliphatic heterocycles. The number of benzene rings is 3. The highest BCUT2D eigenvalue weighted by molar-refractivity contribution is 7.88. The molecule has 2 amide bonds. The molecule has 0 fully saturated rings. The van der Waals surface area contributed by atoms with Crippen molar-refractivity contribution in [2.45, 2.75) is 19.1 Å². The Balaban J connectivity index is 1.98. The summed E-state index contributed by atoms with van der Waals surface area (Å²) in [6.45, 7) is -0.200. The van der Waals surface area contributed by atoms with Gasteiger partial charge in [0.25, 0.3) is 0 Å². The van der Waals surface area contributed by atoms with Crippen LogP contribution in [0.5, 0.6) is 0 Å². The molecule has 1 N–H and O–H groups in total. The first-order valence-corrected chi connectivity index (χ1v) is 13.7. The van der Waals surface area contributed by atoms with Crippen molar-refractivity contribution in [3.05, 3.63) is 106 Å². The molecule has 0 aliphatic carbocycles. The standard InChI is InChI=1S/C26H27Cl2N3O4S/c1-30(36(2,34)35)18-24(32)31(17-19-12-14-22(27)15-13-19)25(20-8-4-3-5-9-20)26(33)29-16-21-10-6-7-11-23(21)28/h3-15,25H,16-18H2,1-2H3,(H,29,33)/t25-/m0/s1. The summed E-state index contributed by atoms with van der Waals surface area (Å²) in [6, 6.07) is 21.9. The third-order valence-corrected chi connectivity index (χ3v) is 7.48. The Bertz CT molecular complexity index is 1300. The highest BCUT2D eigenvalue weighted by atomic mass is 35.5. The Kier molecular flexibility index (Phi) is 9.50. The zero-order valence-corrected chi connectivity index (χ0v) is 22.2. The molecule has 0 aliphatic rings. The molecular formula is C26H27Cl2N3O4S. The summed E-state index contributed by atoms with van der Waals surface area (Å²) in [5.41, 5.74) is 2.04. The maximum atomic E-state index is 13.6. The fraction of sp³-hybridized carbons (Fsp3) is 0.231. The summed E-state index contributed by atoms with van der Waals surface area (Å²) in [5, 5.41) is 3.93. The van der Waals surface area contributed by atoms with E-state index in [-0.39, 0.29) is 13.1 Å². The van der Waals surface area contributed by atoms with E-state index in [0.29, 0.717) is 15.6 Å². The third kappa shape index (κ3) is 7.54. The Morgan fingerprint density at radius 3 is 2.14 bits per heavy atom. The summed E-state index contributed by atoms with van der Waals surface area (Å²) >= 11 is 12.3. The Hall–Kier alpha value is -2.91. The van der Waals surface area contributed by atoms with Gasteiger partial charge in [0.05, 0.1) is 12.8 Å². The predicted molar refractivity (Wildman–Crippen MR) is 142 cm³/mol. The van der Waals surface area contributed by atoms with Gasteiger partial charge >= 0.3 is 0 Å². The first-order valence-electron chi connectivity index (χ1n) is 11.1. The van der Waals surface area contributed by atoms with E-state index in [9.17, 15) is 18.0 Å². The van der Waals surface area contributed by atoms with E-state index in [0.717, 1.165) is 21.7 Å². The van der Waals surface area contributed by atoms with E-state index in [1.807, 2.05) is 12.1 Å². The van der Waals surface area contributed by atoms with Crippen molar-refractivity contribution in [1.82, 2.24) is 14.5 Å². The monoisotopic (exact) mass is 547 g/mol. The van der Waals surface area contributed by atoms with Crippen LogP contribution in [0.4, 0.5) is 0 Å². The van der Waals surface area contributed by atoms with E-state index >= 15 is 0 Å². The number of hydrogen-bond acceptors (Lipinski definition) is 4. The zero-order chi connectivity index (χ0) is 26.3. The number of likely N-dealkylation sites (N-methyl/N-ethyl adjacent to an activating group) is 1. The minimum Gasteiger partial charge on any atom is -0.350 e. The van der Waals surface area contributed by atoms with Crippen molar-refractivity contribution < 1.29 is 18.0 Å². The second-order valence-electron chi connectivity index (χ2n) is 8.29. The van der Waals surface area contributed by atoms with Crippen LogP contribution in [0.25, 0.3) is 0 Å². The molecular weight excluding hydrogens is 521 g/mol. The van der Waals surface area contributed by atoms with Crippen molar-refractivity contribution in [3.8, 4) is 0 Å². The van der Waals surface area contributed by atoms with Gasteiger partial charge in [-0.25, -0.2) is 8.42 Å². The van der Waals surface area contributed by atoms with Crippen LogP contribution in [0.2, 0.25) is 10.0 Å². The largest absolute Gasteiger partial charge is 0.350 e. The number of nitrogens with zero attached hydrogens (tertiary/aromatic N) is 2. The van der Waals surface area contributed by atoms with Crippen LogP contribution < -0.4 is 5.32 Å². The summed E-state index contributed by atoms with van der Waals surface area (Å²) in [5.74, 6) is -0.954. The third-order valence-electron chi connectivity index (χ3n) is 5.60. The van der Waals surface area contributed by atoms with Crippen LogP contribution in [0.1, 0.15) is 22.7 Å². The fourth-order valence-electron chi connectivity index (χ4n) is 3.54. The lowest BCUT2D eigenvalue weighted by Crippen LogP contribution is -2.47. The number of halogens is 2. The van der Waals surface area contributed by atoms with E-state index in [4.69, 9.17) is 23.2 Å². The van der Waals surface area contributed by atoms with Crippen molar-refractivity contribution >= 4 is 45.0 Å². The van der Waals surface area contributed by atoms with Crippen LogP contribution >= 0.6 is 23.2 Å². The highest BCUT2D eigenvalue weighted by Crippen LogP contribution is 2.25. The first-order chi connectivity index (χ1) is 17.1. The molecule has 7 nitrogen and oxygen atoms in total. The minimum atomic E-state index is -3.62. The quantitative estimate of drug-likeness (QED) is 0.410. The topological polar surface area (TPSA) is 86.8 Å². The normalized spacial score (nSPS) is 12.2. The van der Waals surface area contributed by atoms with Crippen molar-refractivity contribution in [2.24, 2.45) is 0 Å². The van der Waals surface area contributed by atoms with Gasteiger partial charge in [0.1, 0.15) is 6.04 Å². The second-order valence-corrected chi connectivity index (χ2v) is 11.2. The van der Waals surface area contributed by atoms with Crippen molar-refractivity contribution in [3.63, 3.8) is 0 Å². The van der Waals surface area contributed by atoms with E-state index in [2.05, 4.69) is 5.32 Å². The zero-order valence-electron chi connectivity index (χ0n) is 19.9. The lowest BCUT2D eigenvalue weighted by molar-refractivity contribution is -0.141. The summed E-state index contributed by atoms with van der Waals surface area (Å²) < 4.78 is 24.9. The van der Waals surface area contributed by atoms with Gasteiger partial charge in [-0.2, -0.15) is 4.31 Å². The van der Waals surface area contributed by atoms with E-state index in [1.54, 1.807) is 66.7 Å². The number of sulfonamides is 1. The van der Waals surface area contributed by atoms with Crippen molar-refractivity contribution in [1.29, 1.82) is 0 Å². The van der Waals surface area contributed by atoms with E-state index < -0.39 is 34.4 Å². The summed E-state index contributed by atoms with van der Waals surface area (Å²) in [7, 11) is -2.30. The highest BCUT2D eigenvalue weighted by Gasteiger charge is 2.33. The Morgan fingerprint density at radius 1 is 0.917 bits per heavy atom. The molecule has 0 saturated heterocycles. The van der Waals surface area contributed by atoms with Crippen LogP contribution in [-0.2, 0) is 32.7 Å². The van der Waals surface area contributed by atoms with Crippen LogP contribution in [-0.4, -0.2) is 49.3 Å². The van der Waals surface area contributed by atoms with Crippen LogP contribution in [0.3, 0.4) is 0 Å². The smallest absolute Gasteiger partial charge is 0.247 e. The maximum absolute atomic E-state index is 13.6. The molecule has 36 heavy (non-hydrogen) atoms. The predicted octanol–water partition coefficient (Wildman–Crippen LogP) is 4.27. The molecule has 1 atom stereocenters. The number of carbonyl (C=O) groups is 2. The molecule has 3 rings (SSSR count). The molecule has 0 aromatic heterocycles. The number of rotatable bonds is 10. The number of carbonyl (C=O) groups excluding carboxylic acids is 2. The molecule has 10 heteroatoms. The molecule has 0 radical (unpaired) electrons. The Labute approximate surface area is 221 Å².